The second-order valence-electron chi connectivity index (χ2n) is 4.05. The largest absolute Gasteiger partial charge is 0.480 e. The first-order valence-corrected chi connectivity index (χ1v) is 7.54. The third-order valence-electron chi connectivity index (χ3n) is 2.45. The molecule has 0 aromatic heterocycles. The van der Waals surface area contributed by atoms with Crippen molar-refractivity contribution >= 4 is 39.6 Å². The van der Waals surface area contributed by atoms with Crippen LogP contribution in [-0.2, 0) is 9.59 Å². The number of aliphatic carboxylic acids is 1. The van der Waals surface area contributed by atoms with Crippen LogP contribution in [0.1, 0.15) is 5.56 Å². The van der Waals surface area contributed by atoms with Crippen molar-refractivity contribution in [1.29, 1.82) is 0 Å². The van der Waals surface area contributed by atoms with Gasteiger partial charge in [0.25, 0.3) is 0 Å². The van der Waals surface area contributed by atoms with Crippen LogP contribution in [-0.4, -0.2) is 40.7 Å². The molecule has 0 aliphatic heterocycles. The molecule has 0 unspecified atom stereocenters. The Balaban J connectivity index is 2.64. The van der Waals surface area contributed by atoms with Gasteiger partial charge in [0.1, 0.15) is 6.54 Å². The van der Waals surface area contributed by atoms with Gasteiger partial charge >= 0.3 is 5.97 Å². The number of nitrogens with zero attached hydrogens (tertiary/aromatic N) is 1. The first-order chi connectivity index (χ1) is 9.43. The second kappa shape index (κ2) is 7.98. The number of carbonyl (C=O) groups excluding carboxylic acids is 1. The number of hydrogen-bond donors (Lipinski definition) is 1. The summed E-state index contributed by atoms with van der Waals surface area (Å²) in [4.78, 5) is 24.8. The molecule has 1 aromatic rings. The predicted molar refractivity (Wildman–Crippen MR) is 82.7 cm³/mol. The minimum atomic E-state index is -1.07. The highest BCUT2D eigenvalue weighted by molar-refractivity contribution is 9.10. The maximum Gasteiger partial charge on any atom is 0.323 e. The average Bonchev–Trinajstić information content (AvgIpc) is 2.36. The summed E-state index contributed by atoms with van der Waals surface area (Å²) < 4.78 is 0.977. The number of rotatable bonds is 6. The Kier molecular flexibility index (Phi) is 6.62. The molecule has 0 saturated heterocycles. The van der Waals surface area contributed by atoms with Crippen molar-refractivity contribution < 1.29 is 14.7 Å². The second-order valence-corrected chi connectivity index (χ2v) is 5.98. The topological polar surface area (TPSA) is 57.6 Å². The molecule has 1 aromatic carbocycles. The zero-order valence-electron chi connectivity index (χ0n) is 10.9. The molecule has 0 aliphatic rings. The van der Waals surface area contributed by atoms with Crippen molar-refractivity contribution in [1.82, 2.24) is 4.90 Å². The molecule has 1 N–H and O–H groups in total. The summed E-state index contributed by atoms with van der Waals surface area (Å²) in [5.41, 5.74) is 1.05. The summed E-state index contributed by atoms with van der Waals surface area (Å²) in [5, 5.41) is 8.74. The van der Waals surface area contributed by atoms with E-state index in [0.717, 1.165) is 19.8 Å². The highest BCUT2D eigenvalue weighted by Gasteiger charge is 2.16. The van der Waals surface area contributed by atoms with E-state index in [-0.39, 0.29) is 24.7 Å². The van der Waals surface area contributed by atoms with E-state index in [9.17, 15) is 9.59 Å². The number of carboxylic acids is 1. The van der Waals surface area contributed by atoms with Gasteiger partial charge in [-0.1, -0.05) is 21.9 Å². The molecule has 0 saturated carbocycles. The monoisotopic (exact) mass is 355 g/mol. The number of halogens is 1. The molecule has 0 heterocycles. The lowest BCUT2D eigenvalue weighted by Crippen LogP contribution is -2.37. The molecular formula is C14H14BrNO3S. The third-order valence-corrected chi connectivity index (χ3v) is 4.10. The fourth-order valence-electron chi connectivity index (χ4n) is 1.51. The highest BCUT2D eigenvalue weighted by atomic mass is 79.9. The first-order valence-electron chi connectivity index (χ1n) is 5.76. The Labute approximate surface area is 130 Å². The lowest BCUT2D eigenvalue weighted by molar-refractivity contribution is -0.143. The molecule has 6 heteroatoms. The van der Waals surface area contributed by atoms with Gasteiger partial charge in [-0.3, -0.25) is 9.59 Å². The average molecular weight is 356 g/mol. The molecule has 20 heavy (non-hydrogen) atoms. The van der Waals surface area contributed by atoms with Gasteiger partial charge in [-0.05, 0) is 30.7 Å². The Morgan fingerprint density at radius 2 is 2.20 bits per heavy atom. The van der Waals surface area contributed by atoms with Crippen LogP contribution in [0.25, 0.3) is 0 Å². The molecule has 0 fully saturated rings. The van der Waals surface area contributed by atoms with Crippen LogP contribution in [0, 0.1) is 19.3 Å². The van der Waals surface area contributed by atoms with Crippen LogP contribution < -0.4 is 0 Å². The fraction of sp³-hybridized carbons (Fsp3) is 0.286. The lowest BCUT2D eigenvalue weighted by Gasteiger charge is -2.17. The quantitative estimate of drug-likeness (QED) is 0.628. The van der Waals surface area contributed by atoms with Crippen LogP contribution >= 0.6 is 27.7 Å². The number of carboxylic acid groups (broad SMARTS) is 1. The zero-order valence-corrected chi connectivity index (χ0v) is 13.3. The molecule has 1 rings (SSSR count). The van der Waals surface area contributed by atoms with Gasteiger partial charge in [-0.25, -0.2) is 0 Å². The van der Waals surface area contributed by atoms with Crippen LogP contribution in [0.15, 0.2) is 27.6 Å². The Morgan fingerprint density at radius 1 is 1.50 bits per heavy atom. The summed E-state index contributed by atoms with van der Waals surface area (Å²) >= 11 is 4.75. The Hall–Kier alpha value is -1.45. The molecule has 4 nitrogen and oxygen atoms in total. The minimum absolute atomic E-state index is 0.00497. The van der Waals surface area contributed by atoms with E-state index in [2.05, 4.69) is 21.9 Å². The number of hydrogen-bond acceptors (Lipinski definition) is 3. The fourth-order valence-corrected chi connectivity index (χ4v) is 2.90. The van der Waals surface area contributed by atoms with E-state index >= 15 is 0 Å². The van der Waals surface area contributed by atoms with Gasteiger partial charge in [0.2, 0.25) is 5.91 Å². The smallest absolute Gasteiger partial charge is 0.323 e. The molecule has 0 bridgehead atoms. The van der Waals surface area contributed by atoms with Crippen molar-refractivity contribution in [3.63, 3.8) is 0 Å². The molecule has 0 atom stereocenters. The summed E-state index contributed by atoms with van der Waals surface area (Å²) in [7, 11) is 0. The maximum absolute atomic E-state index is 12.0. The number of amides is 1. The van der Waals surface area contributed by atoms with Crippen LogP contribution in [0.5, 0.6) is 0 Å². The SMILES string of the molecule is C#CCN(CC(=O)O)C(=O)CSc1ccc(Br)cc1C. The predicted octanol–water partition coefficient (Wildman–Crippen LogP) is 2.40. The van der Waals surface area contributed by atoms with Gasteiger partial charge in [0.05, 0.1) is 12.3 Å². The Morgan fingerprint density at radius 3 is 2.75 bits per heavy atom. The van der Waals surface area contributed by atoms with Gasteiger partial charge in [-0.15, -0.1) is 18.2 Å². The number of carbonyl (C=O) groups is 2. The van der Waals surface area contributed by atoms with Crippen molar-refractivity contribution in [2.75, 3.05) is 18.8 Å². The van der Waals surface area contributed by atoms with E-state index < -0.39 is 5.97 Å². The standard InChI is InChI=1S/C14H14BrNO3S/c1-3-6-16(8-14(18)19)13(17)9-20-12-5-4-11(15)7-10(12)2/h1,4-5,7H,6,8-9H2,2H3,(H,18,19). The lowest BCUT2D eigenvalue weighted by atomic mass is 10.2. The number of aryl methyl sites for hydroxylation is 1. The van der Waals surface area contributed by atoms with Gasteiger partial charge in [0, 0.05) is 9.37 Å². The summed E-state index contributed by atoms with van der Waals surface area (Å²) in [6.45, 7) is 1.59. The van der Waals surface area contributed by atoms with E-state index in [1.54, 1.807) is 0 Å². The van der Waals surface area contributed by atoms with Crippen molar-refractivity contribution in [3.8, 4) is 12.3 Å². The van der Waals surface area contributed by atoms with Crippen molar-refractivity contribution in [2.45, 2.75) is 11.8 Å². The van der Waals surface area contributed by atoms with Gasteiger partial charge < -0.3 is 10.0 Å². The molecular weight excluding hydrogens is 342 g/mol. The number of benzene rings is 1. The molecule has 0 radical (unpaired) electrons. The molecule has 1 amide bonds. The van der Waals surface area contributed by atoms with Crippen molar-refractivity contribution in [3.05, 3.63) is 28.2 Å². The van der Waals surface area contributed by atoms with E-state index in [1.165, 1.54) is 11.8 Å². The van der Waals surface area contributed by atoms with Crippen LogP contribution in [0.3, 0.4) is 0 Å². The van der Waals surface area contributed by atoms with Crippen LogP contribution in [0.4, 0.5) is 0 Å². The maximum atomic E-state index is 12.0. The van der Waals surface area contributed by atoms with E-state index in [0.29, 0.717) is 0 Å². The third kappa shape index (κ3) is 5.27. The molecule has 0 aliphatic carbocycles. The summed E-state index contributed by atoms with van der Waals surface area (Å²) in [6.07, 6.45) is 5.14. The van der Waals surface area contributed by atoms with E-state index in [1.807, 2.05) is 25.1 Å². The van der Waals surface area contributed by atoms with Gasteiger partial charge in [-0.2, -0.15) is 0 Å². The molecule has 0 spiro atoms. The zero-order chi connectivity index (χ0) is 15.1. The Bertz CT molecular complexity index is 554. The number of terminal acetylenes is 1. The minimum Gasteiger partial charge on any atom is -0.480 e. The van der Waals surface area contributed by atoms with Gasteiger partial charge in [0.15, 0.2) is 0 Å². The normalized spacial score (nSPS) is 9.85. The number of thioether (sulfide) groups is 1. The van der Waals surface area contributed by atoms with E-state index in [4.69, 9.17) is 11.5 Å². The summed E-state index contributed by atoms with van der Waals surface area (Å²) in [6, 6.07) is 5.78. The van der Waals surface area contributed by atoms with Crippen molar-refractivity contribution in [2.24, 2.45) is 0 Å². The molecule has 106 valence electrons. The first kappa shape index (κ1) is 16.6. The highest BCUT2D eigenvalue weighted by Crippen LogP contribution is 2.25. The van der Waals surface area contributed by atoms with Crippen LogP contribution in [0.2, 0.25) is 0 Å². The summed E-state index contributed by atoms with van der Waals surface area (Å²) in [5.74, 6) is 1.11.